The standard InChI is InChI=1S/C17H15NO5/c1-11-4-2-3-5-14(11)17(19)15-8-12(18(20)21)6-7-16(15)23-10-13-9-22-13/h2-8,13H,9-10H2,1H3. The van der Waals surface area contributed by atoms with Gasteiger partial charge in [-0.2, -0.15) is 0 Å². The van der Waals surface area contributed by atoms with Crippen molar-refractivity contribution in [3.8, 4) is 5.75 Å². The number of carbonyl (C=O) groups is 1. The van der Waals surface area contributed by atoms with Crippen LogP contribution in [0.5, 0.6) is 5.75 Å². The van der Waals surface area contributed by atoms with Gasteiger partial charge < -0.3 is 9.47 Å². The molecule has 0 spiro atoms. The van der Waals surface area contributed by atoms with Crippen LogP contribution in [0.4, 0.5) is 5.69 Å². The maximum Gasteiger partial charge on any atom is 0.270 e. The Morgan fingerprint density at radius 1 is 1.30 bits per heavy atom. The highest BCUT2D eigenvalue weighted by molar-refractivity contribution is 6.11. The zero-order chi connectivity index (χ0) is 16.4. The van der Waals surface area contributed by atoms with Crippen molar-refractivity contribution in [2.75, 3.05) is 13.2 Å². The second-order valence-corrected chi connectivity index (χ2v) is 5.35. The molecule has 0 bridgehead atoms. The third-order valence-corrected chi connectivity index (χ3v) is 3.64. The van der Waals surface area contributed by atoms with Crippen LogP contribution in [0.3, 0.4) is 0 Å². The number of ether oxygens (including phenoxy) is 2. The first-order valence-electron chi connectivity index (χ1n) is 7.19. The number of hydrogen-bond donors (Lipinski definition) is 0. The molecule has 6 nitrogen and oxygen atoms in total. The molecule has 0 saturated carbocycles. The van der Waals surface area contributed by atoms with E-state index >= 15 is 0 Å². The summed E-state index contributed by atoms with van der Waals surface area (Å²) in [6.07, 6.45) is 0.0339. The lowest BCUT2D eigenvalue weighted by Crippen LogP contribution is -2.10. The van der Waals surface area contributed by atoms with Gasteiger partial charge >= 0.3 is 0 Å². The van der Waals surface area contributed by atoms with Crippen molar-refractivity contribution in [2.24, 2.45) is 0 Å². The van der Waals surface area contributed by atoms with Crippen LogP contribution < -0.4 is 4.74 Å². The third kappa shape index (κ3) is 3.37. The topological polar surface area (TPSA) is 82.0 Å². The van der Waals surface area contributed by atoms with E-state index in [0.29, 0.717) is 24.5 Å². The van der Waals surface area contributed by atoms with Crippen molar-refractivity contribution in [3.63, 3.8) is 0 Å². The van der Waals surface area contributed by atoms with Gasteiger partial charge in [0, 0.05) is 17.7 Å². The van der Waals surface area contributed by atoms with Crippen LogP contribution in [0.2, 0.25) is 0 Å². The summed E-state index contributed by atoms with van der Waals surface area (Å²) in [4.78, 5) is 23.3. The molecule has 1 fully saturated rings. The summed E-state index contributed by atoms with van der Waals surface area (Å²) in [5.41, 5.74) is 1.35. The summed E-state index contributed by atoms with van der Waals surface area (Å²) in [7, 11) is 0. The number of epoxide rings is 1. The van der Waals surface area contributed by atoms with Crippen molar-refractivity contribution < 1.29 is 19.2 Å². The first-order chi connectivity index (χ1) is 11.1. The molecule has 0 aromatic heterocycles. The van der Waals surface area contributed by atoms with Crippen LogP contribution in [0.25, 0.3) is 0 Å². The molecule has 1 heterocycles. The van der Waals surface area contributed by atoms with Crippen molar-refractivity contribution in [1.82, 2.24) is 0 Å². The van der Waals surface area contributed by atoms with Gasteiger partial charge in [0.25, 0.3) is 5.69 Å². The van der Waals surface area contributed by atoms with Crippen LogP contribution in [-0.4, -0.2) is 30.0 Å². The molecular weight excluding hydrogens is 298 g/mol. The molecule has 0 radical (unpaired) electrons. The van der Waals surface area contributed by atoms with Crippen LogP contribution in [0.15, 0.2) is 42.5 Å². The summed E-state index contributed by atoms with van der Waals surface area (Å²) < 4.78 is 10.7. The Bertz CT molecular complexity index is 767. The average Bonchev–Trinajstić information content (AvgIpc) is 3.37. The van der Waals surface area contributed by atoms with E-state index in [1.165, 1.54) is 18.2 Å². The summed E-state index contributed by atoms with van der Waals surface area (Å²) >= 11 is 0. The SMILES string of the molecule is Cc1ccccc1C(=O)c1cc([N+](=O)[O-])ccc1OCC1CO1. The van der Waals surface area contributed by atoms with E-state index in [2.05, 4.69) is 0 Å². The van der Waals surface area contributed by atoms with E-state index in [0.717, 1.165) is 5.56 Å². The molecule has 0 amide bonds. The number of hydrogen-bond acceptors (Lipinski definition) is 5. The first kappa shape index (κ1) is 15.2. The fourth-order valence-electron chi connectivity index (χ4n) is 2.25. The van der Waals surface area contributed by atoms with E-state index in [4.69, 9.17) is 9.47 Å². The van der Waals surface area contributed by atoms with Crippen LogP contribution in [0, 0.1) is 17.0 Å². The summed E-state index contributed by atoms with van der Waals surface area (Å²) in [6.45, 7) is 2.78. The van der Waals surface area contributed by atoms with Gasteiger partial charge in [0.2, 0.25) is 0 Å². The fraction of sp³-hybridized carbons (Fsp3) is 0.235. The zero-order valence-electron chi connectivity index (χ0n) is 12.5. The molecule has 1 saturated heterocycles. The number of ketones is 1. The highest BCUT2D eigenvalue weighted by Gasteiger charge is 2.25. The molecule has 23 heavy (non-hydrogen) atoms. The van der Waals surface area contributed by atoms with Gasteiger partial charge in [0.15, 0.2) is 5.78 Å². The zero-order valence-corrected chi connectivity index (χ0v) is 12.5. The molecular formula is C17H15NO5. The minimum Gasteiger partial charge on any atom is -0.490 e. The third-order valence-electron chi connectivity index (χ3n) is 3.64. The summed E-state index contributed by atoms with van der Waals surface area (Å²) in [5.74, 6) is 0.0397. The van der Waals surface area contributed by atoms with Gasteiger partial charge in [-0.05, 0) is 18.6 Å². The molecule has 0 N–H and O–H groups in total. The lowest BCUT2D eigenvalue weighted by atomic mass is 9.98. The lowest BCUT2D eigenvalue weighted by molar-refractivity contribution is -0.384. The Balaban J connectivity index is 1.99. The van der Waals surface area contributed by atoms with Gasteiger partial charge in [0.05, 0.1) is 17.1 Å². The van der Waals surface area contributed by atoms with Crippen LogP contribution in [-0.2, 0) is 4.74 Å². The Hall–Kier alpha value is -2.73. The highest BCUT2D eigenvalue weighted by Crippen LogP contribution is 2.28. The second kappa shape index (κ2) is 6.18. The Kier molecular flexibility index (Phi) is 4.08. The van der Waals surface area contributed by atoms with E-state index in [9.17, 15) is 14.9 Å². The van der Waals surface area contributed by atoms with E-state index in [1.807, 2.05) is 19.1 Å². The normalized spacial score (nSPS) is 16.0. The van der Waals surface area contributed by atoms with E-state index in [1.54, 1.807) is 12.1 Å². The molecule has 1 atom stereocenters. The maximum atomic E-state index is 12.8. The smallest absolute Gasteiger partial charge is 0.270 e. The predicted molar refractivity (Wildman–Crippen MR) is 82.9 cm³/mol. The van der Waals surface area contributed by atoms with Crippen molar-refractivity contribution in [2.45, 2.75) is 13.0 Å². The first-order valence-corrected chi connectivity index (χ1v) is 7.19. The molecule has 1 aliphatic heterocycles. The Morgan fingerprint density at radius 2 is 2.04 bits per heavy atom. The number of nitro groups is 1. The number of aryl methyl sites for hydroxylation is 1. The molecule has 2 aromatic carbocycles. The second-order valence-electron chi connectivity index (χ2n) is 5.35. The van der Waals surface area contributed by atoms with Gasteiger partial charge in [0.1, 0.15) is 18.5 Å². The van der Waals surface area contributed by atoms with Gasteiger partial charge in [-0.15, -0.1) is 0 Å². The number of benzene rings is 2. The predicted octanol–water partition coefficient (Wildman–Crippen LogP) is 2.91. The molecule has 6 heteroatoms. The molecule has 1 unspecified atom stereocenters. The summed E-state index contributed by atoms with van der Waals surface area (Å²) in [6, 6.07) is 11.2. The molecule has 3 rings (SSSR count). The molecule has 0 aliphatic carbocycles. The Labute approximate surface area is 132 Å². The number of rotatable bonds is 6. The molecule has 1 aliphatic rings. The monoisotopic (exact) mass is 313 g/mol. The van der Waals surface area contributed by atoms with E-state index < -0.39 is 4.92 Å². The minimum absolute atomic E-state index is 0.0339. The van der Waals surface area contributed by atoms with Crippen LogP contribution in [0.1, 0.15) is 21.5 Å². The number of non-ortho nitro benzene ring substituents is 1. The molecule has 2 aromatic rings. The average molecular weight is 313 g/mol. The maximum absolute atomic E-state index is 12.8. The van der Waals surface area contributed by atoms with Crippen molar-refractivity contribution >= 4 is 11.5 Å². The number of carbonyl (C=O) groups excluding carboxylic acids is 1. The Morgan fingerprint density at radius 3 is 2.70 bits per heavy atom. The van der Waals surface area contributed by atoms with Gasteiger partial charge in [-0.25, -0.2) is 0 Å². The number of nitro benzene ring substituents is 1. The summed E-state index contributed by atoms with van der Waals surface area (Å²) in [5, 5.41) is 11.0. The van der Waals surface area contributed by atoms with E-state index in [-0.39, 0.29) is 23.1 Å². The van der Waals surface area contributed by atoms with Gasteiger partial charge in [-0.3, -0.25) is 14.9 Å². The number of nitrogens with zero attached hydrogens (tertiary/aromatic N) is 1. The van der Waals surface area contributed by atoms with Crippen LogP contribution >= 0.6 is 0 Å². The minimum atomic E-state index is -0.525. The lowest BCUT2D eigenvalue weighted by Gasteiger charge is -2.11. The highest BCUT2D eigenvalue weighted by atomic mass is 16.6. The fourth-order valence-corrected chi connectivity index (χ4v) is 2.25. The van der Waals surface area contributed by atoms with Crippen molar-refractivity contribution in [3.05, 3.63) is 69.3 Å². The van der Waals surface area contributed by atoms with Gasteiger partial charge in [-0.1, -0.05) is 24.3 Å². The quantitative estimate of drug-likeness (QED) is 0.354. The molecule has 118 valence electrons. The largest absolute Gasteiger partial charge is 0.490 e. The van der Waals surface area contributed by atoms with Crippen molar-refractivity contribution in [1.29, 1.82) is 0 Å².